The molecule has 1 heterocycles. The van der Waals surface area contributed by atoms with E-state index in [1.807, 2.05) is 13.8 Å². The highest BCUT2D eigenvalue weighted by Crippen LogP contribution is 2.21. The highest BCUT2D eigenvalue weighted by molar-refractivity contribution is 6.10. The molecule has 6 heteroatoms. The molecule has 0 aliphatic rings. The number of nitro benzene ring substituents is 1. The second-order valence-electron chi connectivity index (χ2n) is 5.40. The topological polar surface area (TPSA) is 93.1 Å². The van der Waals surface area contributed by atoms with Crippen LogP contribution in [0.3, 0.4) is 0 Å². The number of hydrogen-bond donors (Lipinski definition) is 1. The van der Waals surface area contributed by atoms with Crippen LogP contribution in [-0.2, 0) is 0 Å². The van der Waals surface area contributed by atoms with E-state index in [4.69, 9.17) is 0 Å². The summed E-state index contributed by atoms with van der Waals surface area (Å²) in [7, 11) is 0. The summed E-state index contributed by atoms with van der Waals surface area (Å²) < 4.78 is 0. The number of non-ortho nitro benzene ring substituents is 1. The zero-order valence-electron chi connectivity index (χ0n) is 12.5. The molecular weight excluding hydrogens is 284 g/mol. The molecule has 0 unspecified atom stereocenters. The highest BCUT2D eigenvalue weighted by Gasteiger charge is 2.20. The third-order valence-electron chi connectivity index (χ3n) is 3.35. The van der Waals surface area contributed by atoms with Gasteiger partial charge in [0.05, 0.1) is 4.92 Å². The number of nitro groups is 1. The van der Waals surface area contributed by atoms with Crippen molar-refractivity contribution in [3.05, 3.63) is 73.2 Å². The summed E-state index contributed by atoms with van der Waals surface area (Å²) >= 11 is 0. The van der Waals surface area contributed by atoms with Gasteiger partial charge in [-0.05, 0) is 18.9 Å². The molecule has 0 fully saturated rings. The number of nitrogens with zero attached hydrogens (tertiary/aromatic N) is 1. The van der Waals surface area contributed by atoms with E-state index in [2.05, 4.69) is 4.98 Å². The Hall–Kier alpha value is -2.76. The van der Waals surface area contributed by atoms with E-state index in [0.29, 0.717) is 11.3 Å². The maximum Gasteiger partial charge on any atom is 0.270 e. The summed E-state index contributed by atoms with van der Waals surface area (Å²) in [6.45, 7) is 5.34. The van der Waals surface area contributed by atoms with Gasteiger partial charge in [-0.3, -0.25) is 19.7 Å². The Labute approximate surface area is 127 Å². The second kappa shape index (κ2) is 5.93. The third kappa shape index (κ3) is 2.95. The Kier molecular flexibility index (Phi) is 4.21. The first-order valence-electron chi connectivity index (χ1n) is 6.84. The van der Waals surface area contributed by atoms with Gasteiger partial charge in [0.1, 0.15) is 0 Å². The quantitative estimate of drug-likeness (QED) is 0.533. The molecular formula is C16H16N2O4. The molecule has 114 valence electrons. The lowest BCUT2D eigenvalue weighted by Gasteiger charge is -2.12. The lowest BCUT2D eigenvalue weighted by molar-refractivity contribution is -0.384. The third-order valence-corrected chi connectivity index (χ3v) is 3.35. The number of aromatic amines is 1. The minimum absolute atomic E-state index is 0.137. The highest BCUT2D eigenvalue weighted by atomic mass is 16.6. The molecule has 2 aromatic rings. The predicted molar refractivity (Wildman–Crippen MR) is 82.4 cm³/mol. The Morgan fingerprint density at radius 2 is 1.95 bits per heavy atom. The number of H-pyrrole nitrogens is 1. The molecule has 22 heavy (non-hydrogen) atoms. The van der Waals surface area contributed by atoms with E-state index in [0.717, 1.165) is 0 Å². The molecule has 0 radical (unpaired) electrons. The van der Waals surface area contributed by atoms with Gasteiger partial charge in [-0.2, -0.15) is 0 Å². The van der Waals surface area contributed by atoms with Crippen molar-refractivity contribution < 1.29 is 9.72 Å². The number of hydrogen-bond acceptors (Lipinski definition) is 4. The van der Waals surface area contributed by atoms with E-state index < -0.39 is 4.92 Å². The van der Waals surface area contributed by atoms with E-state index in [1.165, 1.54) is 24.3 Å². The first kappa shape index (κ1) is 15.6. The predicted octanol–water partition coefficient (Wildman–Crippen LogP) is 2.95. The Morgan fingerprint density at radius 1 is 1.27 bits per heavy atom. The summed E-state index contributed by atoms with van der Waals surface area (Å²) in [5, 5.41) is 10.8. The molecule has 2 rings (SSSR count). The SMILES string of the molecule is Cc1cc(C(=O)c2cccc([N+](=O)[O-])c2)c(C(C)C)c(=O)[nH]1. The van der Waals surface area contributed by atoms with Crippen LogP contribution in [0.1, 0.15) is 46.9 Å². The molecule has 0 aliphatic carbocycles. The molecule has 0 atom stereocenters. The molecule has 1 N–H and O–H groups in total. The lowest BCUT2D eigenvalue weighted by atomic mass is 9.93. The van der Waals surface area contributed by atoms with Crippen LogP contribution >= 0.6 is 0 Å². The summed E-state index contributed by atoms with van der Waals surface area (Å²) in [6, 6.07) is 7.13. The monoisotopic (exact) mass is 300 g/mol. The average Bonchev–Trinajstić information content (AvgIpc) is 2.45. The molecule has 0 amide bonds. The summed E-state index contributed by atoms with van der Waals surface area (Å²) in [5.41, 5.74) is 0.991. The molecule has 1 aromatic carbocycles. The molecule has 6 nitrogen and oxygen atoms in total. The van der Waals surface area contributed by atoms with Crippen molar-refractivity contribution >= 4 is 11.5 Å². The van der Waals surface area contributed by atoms with Gasteiger partial charge >= 0.3 is 0 Å². The summed E-state index contributed by atoms with van der Waals surface area (Å²) in [4.78, 5) is 37.7. The van der Waals surface area contributed by atoms with Gasteiger partial charge in [0, 0.05) is 34.5 Å². The van der Waals surface area contributed by atoms with Crippen LogP contribution < -0.4 is 5.56 Å². The maximum absolute atomic E-state index is 12.7. The number of carbonyl (C=O) groups is 1. The number of rotatable bonds is 4. The van der Waals surface area contributed by atoms with Crippen LogP contribution in [0, 0.1) is 17.0 Å². The number of benzene rings is 1. The first-order chi connectivity index (χ1) is 10.3. The van der Waals surface area contributed by atoms with E-state index in [1.54, 1.807) is 13.0 Å². The molecule has 1 aromatic heterocycles. The molecule has 0 saturated carbocycles. The van der Waals surface area contributed by atoms with Crippen molar-refractivity contribution in [2.45, 2.75) is 26.7 Å². The Morgan fingerprint density at radius 3 is 2.55 bits per heavy atom. The van der Waals surface area contributed by atoms with Crippen LogP contribution in [0.2, 0.25) is 0 Å². The zero-order valence-corrected chi connectivity index (χ0v) is 12.5. The summed E-state index contributed by atoms with van der Waals surface area (Å²) in [6.07, 6.45) is 0. The van der Waals surface area contributed by atoms with Gasteiger partial charge in [0.2, 0.25) is 0 Å². The van der Waals surface area contributed by atoms with Crippen LogP contribution in [0.25, 0.3) is 0 Å². The van der Waals surface area contributed by atoms with Gasteiger partial charge in [-0.1, -0.05) is 26.0 Å². The van der Waals surface area contributed by atoms with Crippen molar-refractivity contribution in [1.29, 1.82) is 0 Å². The maximum atomic E-state index is 12.7. The van der Waals surface area contributed by atoms with Crippen molar-refractivity contribution in [1.82, 2.24) is 4.98 Å². The number of aromatic nitrogens is 1. The van der Waals surface area contributed by atoms with Gasteiger partial charge in [0.25, 0.3) is 11.2 Å². The van der Waals surface area contributed by atoms with Gasteiger partial charge in [0.15, 0.2) is 5.78 Å². The fourth-order valence-corrected chi connectivity index (χ4v) is 2.38. The van der Waals surface area contributed by atoms with Crippen molar-refractivity contribution in [3.8, 4) is 0 Å². The van der Waals surface area contributed by atoms with Crippen LogP contribution in [0.15, 0.2) is 35.1 Å². The number of carbonyl (C=O) groups excluding carboxylic acids is 1. The average molecular weight is 300 g/mol. The molecule has 0 bridgehead atoms. The standard InChI is InChI=1S/C16H16N2O4/c1-9(2)14-13(7-10(3)17-16(14)20)15(19)11-5-4-6-12(8-11)18(21)22/h4-9H,1-3H3,(H,17,20). The Bertz CT molecular complexity index is 806. The number of pyridine rings is 1. The minimum atomic E-state index is -0.552. The Balaban J connectivity index is 2.61. The van der Waals surface area contributed by atoms with E-state index in [-0.39, 0.29) is 34.1 Å². The molecule has 0 saturated heterocycles. The van der Waals surface area contributed by atoms with E-state index in [9.17, 15) is 19.7 Å². The minimum Gasteiger partial charge on any atom is -0.326 e. The summed E-state index contributed by atoms with van der Waals surface area (Å²) in [5.74, 6) is -0.524. The second-order valence-corrected chi connectivity index (χ2v) is 5.40. The first-order valence-corrected chi connectivity index (χ1v) is 6.84. The smallest absolute Gasteiger partial charge is 0.270 e. The van der Waals surface area contributed by atoms with Gasteiger partial charge in [-0.25, -0.2) is 0 Å². The number of nitrogens with one attached hydrogen (secondary N) is 1. The van der Waals surface area contributed by atoms with Gasteiger partial charge < -0.3 is 4.98 Å². The molecule has 0 spiro atoms. The van der Waals surface area contributed by atoms with Crippen molar-refractivity contribution in [2.24, 2.45) is 0 Å². The normalized spacial score (nSPS) is 10.7. The van der Waals surface area contributed by atoms with Gasteiger partial charge in [-0.15, -0.1) is 0 Å². The fraction of sp³-hybridized carbons (Fsp3) is 0.250. The fourth-order valence-electron chi connectivity index (χ4n) is 2.38. The lowest BCUT2D eigenvalue weighted by Crippen LogP contribution is -2.21. The van der Waals surface area contributed by atoms with Crippen molar-refractivity contribution in [2.75, 3.05) is 0 Å². The zero-order chi connectivity index (χ0) is 16.4. The van der Waals surface area contributed by atoms with Crippen molar-refractivity contribution in [3.63, 3.8) is 0 Å². The van der Waals surface area contributed by atoms with Crippen LogP contribution in [0.4, 0.5) is 5.69 Å². The van der Waals surface area contributed by atoms with Crippen LogP contribution in [0.5, 0.6) is 0 Å². The molecule has 0 aliphatic heterocycles. The van der Waals surface area contributed by atoms with Crippen LogP contribution in [-0.4, -0.2) is 15.7 Å². The van der Waals surface area contributed by atoms with E-state index >= 15 is 0 Å². The number of ketones is 1. The largest absolute Gasteiger partial charge is 0.326 e. The number of aryl methyl sites for hydroxylation is 1.